The molecular weight excluding hydrogens is 360 g/mol. The van der Waals surface area contributed by atoms with Crippen LogP contribution < -0.4 is 11.1 Å². The van der Waals surface area contributed by atoms with Gasteiger partial charge in [0.05, 0.1) is 10.8 Å². The van der Waals surface area contributed by atoms with Crippen LogP contribution in [-0.2, 0) is 11.2 Å². The standard InChI is InChI=1S/C17H24N4O4.ClH/c1-2-12-5-6-13(10-15(12)21(24)25)17(23)20-9-3-4-14(11-20)16(22)19-8-7-18;/h5-6,10,14H,2-4,7-9,11,18H2,1H3,(H,19,22);1H. The highest BCUT2D eigenvalue weighted by atomic mass is 35.5. The van der Waals surface area contributed by atoms with Gasteiger partial charge >= 0.3 is 0 Å². The molecule has 1 aromatic carbocycles. The van der Waals surface area contributed by atoms with Gasteiger partial charge in [-0.2, -0.15) is 0 Å². The second kappa shape index (κ2) is 10.1. The van der Waals surface area contributed by atoms with Crippen LogP contribution in [0.1, 0.15) is 35.7 Å². The lowest BCUT2D eigenvalue weighted by atomic mass is 9.96. The molecule has 9 heteroatoms. The van der Waals surface area contributed by atoms with Crippen LogP contribution in [0.4, 0.5) is 5.69 Å². The van der Waals surface area contributed by atoms with Crippen molar-refractivity contribution >= 4 is 29.9 Å². The number of likely N-dealkylation sites (tertiary alicyclic amines) is 1. The third-order valence-electron chi connectivity index (χ3n) is 4.43. The molecule has 0 aliphatic carbocycles. The maximum absolute atomic E-state index is 12.7. The number of piperidine rings is 1. The molecule has 0 saturated carbocycles. The summed E-state index contributed by atoms with van der Waals surface area (Å²) in [4.78, 5) is 37.1. The van der Waals surface area contributed by atoms with Gasteiger partial charge in [-0.1, -0.05) is 13.0 Å². The molecule has 2 amide bonds. The average Bonchev–Trinajstić information content (AvgIpc) is 2.64. The van der Waals surface area contributed by atoms with E-state index in [9.17, 15) is 19.7 Å². The Morgan fingerprint density at radius 1 is 1.42 bits per heavy atom. The minimum Gasteiger partial charge on any atom is -0.355 e. The van der Waals surface area contributed by atoms with Crippen molar-refractivity contribution in [2.45, 2.75) is 26.2 Å². The van der Waals surface area contributed by atoms with Crippen molar-refractivity contribution in [3.8, 4) is 0 Å². The minimum atomic E-state index is -0.463. The van der Waals surface area contributed by atoms with Crippen molar-refractivity contribution in [2.24, 2.45) is 11.7 Å². The highest BCUT2D eigenvalue weighted by Gasteiger charge is 2.29. The molecule has 2 rings (SSSR count). The fourth-order valence-corrected chi connectivity index (χ4v) is 3.06. The van der Waals surface area contributed by atoms with E-state index in [1.165, 1.54) is 6.07 Å². The van der Waals surface area contributed by atoms with Crippen LogP contribution in [0.3, 0.4) is 0 Å². The molecule has 0 radical (unpaired) electrons. The van der Waals surface area contributed by atoms with Crippen molar-refractivity contribution in [3.05, 3.63) is 39.4 Å². The summed E-state index contributed by atoms with van der Waals surface area (Å²) in [7, 11) is 0. The lowest BCUT2D eigenvalue weighted by Gasteiger charge is -2.32. The Morgan fingerprint density at radius 2 is 2.15 bits per heavy atom. The number of nitrogens with one attached hydrogen (secondary N) is 1. The quantitative estimate of drug-likeness (QED) is 0.569. The van der Waals surface area contributed by atoms with Gasteiger partial charge in [-0.05, 0) is 25.3 Å². The fraction of sp³-hybridized carbons (Fsp3) is 0.529. The third-order valence-corrected chi connectivity index (χ3v) is 4.43. The molecule has 1 atom stereocenters. The smallest absolute Gasteiger partial charge is 0.273 e. The predicted octanol–water partition coefficient (Wildman–Crippen LogP) is 1.51. The zero-order valence-corrected chi connectivity index (χ0v) is 15.6. The van der Waals surface area contributed by atoms with Crippen molar-refractivity contribution in [1.29, 1.82) is 0 Å². The number of amides is 2. The number of carbonyl (C=O) groups is 2. The molecular formula is C17H25ClN4O4. The molecule has 0 bridgehead atoms. The second-order valence-electron chi connectivity index (χ2n) is 6.12. The molecule has 1 heterocycles. The van der Waals surface area contributed by atoms with Gasteiger partial charge in [0, 0.05) is 43.4 Å². The summed E-state index contributed by atoms with van der Waals surface area (Å²) in [6.45, 7) is 3.48. The first kappa shape index (κ1) is 21.9. The van der Waals surface area contributed by atoms with Crippen molar-refractivity contribution < 1.29 is 14.5 Å². The Morgan fingerprint density at radius 3 is 2.77 bits per heavy atom. The summed E-state index contributed by atoms with van der Waals surface area (Å²) in [5.41, 5.74) is 6.23. The van der Waals surface area contributed by atoms with E-state index < -0.39 is 4.92 Å². The summed E-state index contributed by atoms with van der Waals surface area (Å²) in [5.74, 6) is -0.647. The number of nitro benzene ring substituents is 1. The van der Waals surface area contributed by atoms with Gasteiger partial charge in [0.25, 0.3) is 11.6 Å². The number of benzene rings is 1. The second-order valence-corrected chi connectivity index (χ2v) is 6.12. The molecule has 1 fully saturated rings. The number of hydrogen-bond acceptors (Lipinski definition) is 5. The van der Waals surface area contributed by atoms with E-state index in [2.05, 4.69) is 5.32 Å². The number of carbonyl (C=O) groups excluding carboxylic acids is 2. The van der Waals surface area contributed by atoms with Crippen LogP contribution in [-0.4, -0.2) is 47.8 Å². The number of aryl methyl sites for hydroxylation is 1. The van der Waals surface area contributed by atoms with E-state index in [0.717, 1.165) is 12.8 Å². The van der Waals surface area contributed by atoms with E-state index in [0.29, 0.717) is 38.2 Å². The lowest BCUT2D eigenvalue weighted by molar-refractivity contribution is -0.385. The van der Waals surface area contributed by atoms with Gasteiger partial charge in [-0.25, -0.2) is 0 Å². The zero-order valence-electron chi connectivity index (χ0n) is 14.8. The molecule has 144 valence electrons. The molecule has 1 saturated heterocycles. The SMILES string of the molecule is CCc1ccc(C(=O)N2CCCC(C(=O)NCCN)C2)cc1[N+](=O)[O-].Cl. The minimum absolute atomic E-state index is 0. The normalized spacial score (nSPS) is 16.5. The summed E-state index contributed by atoms with van der Waals surface area (Å²) >= 11 is 0. The van der Waals surface area contributed by atoms with Crippen LogP contribution in [0.2, 0.25) is 0 Å². The van der Waals surface area contributed by atoms with Crippen LogP contribution >= 0.6 is 12.4 Å². The predicted molar refractivity (Wildman–Crippen MR) is 100 cm³/mol. The van der Waals surface area contributed by atoms with E-state index in [-0.39, 0.29) is 41.4 Å². The summed E-state index contributed by atoms with van der Waals surface area (Å²) in [6, 6.07) is 4.58. The molecule has 0 aromatic heterocycles. The van der Waals surface area contributed by atoms with Crippen LogP contribution in [0, 0.1) is 16.0 Å². The van der Waals surface area contributed by atoms with Gasteiger partial charge in [-0.15, -0.1) is 12.4 Å². The number of nitro groups is 1. The van der Waals surface area contributed by atoms with Crippen molar-refractivity contribution in [1.82, 2.24) is 10.2 Å². The molecule has 8 nitrogen and oxygen atoms in total. The van der Waals surface area contributed by atoms with E-state index in [4.69, 9.17) is 5.73 Å². The largest absolute Gasteiger partial charge is 0.355 e. The van der Waals surface area contributed by atoms with Gasteiger partial charge in [-0.3, -0.25) is 19.7 Å². The lowest BCUT2D eigenvalue weighted by Crippen LogP contribution is -2.46. The summed E-state index contributed by atoms with van der Waals surface area (Å²) in [6.07, 6.45) is 1.97. The monoisotopic (exact) mass is 384 g/mol. The van der Waals surface area contributed by atoms with E-state index in [1.54, 1.807) is 17.0 Å². The van der Waals surface area contributed by atoms with Gasteiger partial charge in [0.1, 0.15) is 0 Å². The highest BCUT2D eigenvalue weighted by Crippen LogP contribution is 2.24. The molecule has 1 unspecified atom stereocenters. The Bertz CT molecular complexity index is 668. The maximum Gasteiger partial charge on any atom is 0.273 e. The van der Waals surface area contributed by atoms with Gasteiger partial charge in [0.2, 0.25) is 5.91 Å². The van der Waals surface area contributed by atoms with Crippen molar-refractivity contribution in [2.75, 3.05) is 26.2 Å². The first-order valence-corrected chi connectivity index (χ1v) is 8.52. The zero-order chi connectivity index (χ0) is 18.4. The van der Waals surface area contributed by atoms with Crippen molar-refractivity contribution in [3.63, 3.8) is 0 Å². The maximum atomic E-state index is 12.7. The topological polar surface area (TPSA) is 119 Å². The number of nitrogens with two attached hydrogens (primary N) is 1. The number of rotatable bonds is 6. The molecule has 1 aromatic rings. The summed E-state index contributed by atoms with van der Waals surface area (Å²) in [5, 5.41) is 13.9. The van der Waals surface area contributed by atoms with Gasteiger partial charge in [0.15, 0.2) is 0 Å². The number of halogens is 1. The molecule has 1 aliphatic rings. The molecule has 1 aliphatic heterocycles. The Hall–Kier alpha value is -2.19. The highest BCUT2D eigenvalue weighted by molar-refractivity contribution is 5.95. The Labute approximate surface area is 158 Å². The molecule has 3 N–H and O–H groups in total. The average molecular weight is 385 g/mol. The van der Waals surface area contributed by atoms with E-state index in [1.807, 2.05) is 6.92 Å². The van der Waals surface area contributed by atoms with E-state index >= 15 is 0 Å². The Balaban J connectivity index is 0.00000338. The van der Waals surface area contributed by atoms with Crippen LogP contribution in [0.15, 0.2) is 18.2 Å². The molecule has 26 heavy (non-hydrogen) atoms. The number of hydrogen-bond donors (Lipinski definition) is 2. The van der Waals surface area contributed by atoms with Gasteiger partial charge < -0.3 is 16.0 Å². The van der Waals surface area contributed by atoms with Crippen LogP contribution in [0.5, 0.6) is 0 Å². The number of nitrogens with zero attached hydrogens (tertiary/aromatic N) is 2. The third kappa shape index (κ3) is 5.15. The van der Waals surface area contributed by atoms with Crippen LogP contribution in [0.25, 0.3) is 0 Å². The Kier molecular flexibility index (Phi) is 8.47. The summed E-state index contributed by atoms with van der Waals surface area (Å²) < 4.78 is 0. The molecule has 0 spiro atoms. The fourth-order valence-electron chi connectivity index (χ4n) is 3.06. The first-order valence-electron chi connectivity index (χ1n) is 8.52. The first-order chi connectivity index (χ1) is 12.0.